The van der Waals surface area contributed by atoms with Crippen molar-refractivity contribution in [3.8, 4) is 22.3 Å². The number of allylic oxidation sites excluding steroid dienone is 4. The molecule has 0 unspecified atom stereocenters. The van der Waals surface area contributed by atoms with Crippen molar-refractivity contribution in [2.45, 2.75) is 197 Å². The monoisotopic (exact) mass is 915 g/mol. The second kappa shape index (κ2) is 24.5. The van der Waals surface area contributed by atoms with Crippen LogP contribution >= 0.6 is 0 Å². The average Bonchev–Trinajstić information content (AvgIpc) is 4.03. The summed E-state index contributed by atoms with van der Waals surface area (Å²) >= 11 is 0. The summed E-state index contributed by atoms with van der Waals surface area (Å²) in [6, 6.07) is 21.8. The van der Waals surface area contributed by atoms with Crippen molar-refractivity contribution in [1.82, 2.24) is 19.9 Å². The molecule has 5 heterocycles. The number of benzene rings is 2. The summed E-state index contributed by atoms with van der Waals surface area (Å²) in [6.45, 7) is 18.4. The van der Waals surface area contributed by atoms with Gasteiger partial charge in [0.1, 0.15) is 0 Å². The molecule has 7 rings (SSSR count). The van der Waals surface area contributed by atoms with Crippen LogP contribution in [-0.4, -0.2) is 30.1 Å². The first-order chi connectivity index (χ1) is 33.2. The van der Waals surface area contributed by atoms with Gasteiger partial charge in [0.25, 0.3) is 0 Å². The normalized spacial score (nSPS) is 12.9. The number of hydrogen-bond donors (Lipinski definition) is 4. The first-order valence-electron chi connectivity index (χ1n) is 26.8. The molecule has 2 aromatic carbocycles. The third-order valence-corrected chi connectivity index (χ3v) is 15.0. The molecule has 0 saturated carbocycles. The Balaban J connectivity index is 1.68. The predicted molar refractivity (Wildman–Crippen MR) is 291 cm³/mol. The van der Waals surface area contributed by atoms with Crippen LogP contribution in [0.3, 0.4) is 0 Å². The quantitative estimate of drug-likeness (QED) is 0.0464. The smallest absolute Gasteiger partial charge is 0.0769 e. The van der Waals surface area contributed by atoms with Gasteiger partial charge < -0.3 is 20.2 Å². The molecule has 2 aliphatic heterocycles. The lowest BCUT2D eigenvalue weighted by atomic mass is 9.91. The van der Waals surface area contributed by atoms with Crippen molar-refractivity contribution in [2.24, 2.45) is 0 Å². The van der Waals surface area contributed by atoms with Crippen molar-refractivity contribution >= 4 is 44.4 Å². The van der Waals surface area contributed by atoms with Crippen LogP contribution in [0.5, 0.6) is 0 Å². The Morgan fingerprint density at radius 2 is 0.779 bits per heavy atom. The number of aromatic amines is 2. The van der Waals surface area contributed by atoms with Gasteiger partial charge in [0.15, 0.2) is 0 Å². The largest absolute Gasteiger partial charge is 0.392 e. The average molecular weight is 915 g/mol. The molecular weight excluding hydrogens is 833 g/mol. The molecule has 2 aliphatic rings. The standard InChI is InChI=1S/C62H82N4O2/c1-9-13-17-21-25-49-41(5)59-57(47-33-29-45(39-67)30-34-47)60-43(7)51(27-23-19-15-11-3)55(65-60)38-56-52(28-24-20-16-12-4)44(8)62(66-56)58(48-35-31-46(40-68)32-36-48)61-42(6)50(26-22-18-14-10-2)54(64-61)37-53(49)63-59/h29-38,63,65,67-68H,9-28,39-40H2,1-8H3. The molecule has 0 spiro atoms. The highest BCUT2D eigenvalue weighted by Crippen LogP contribution is 2.45. The van der Waals surface area contributed by atoms with Crippen LogP contribution in [0.4, 0.5) is 0 Å². The molecule has 5 aromatic rings. The minimum Gasteiger partial charge on any atom is -0.392 e. The van der Waals surface area contributed by atoms with Gasteiger partial charge in [0.05, 0.1) is 47.0 Å². The van der Waals surface area contributed by atoms with E-state index in [1.165, 1.54) is 127 Å². The maximum absolute atomic E-state index is 10.2. The van der Waals surface area contributed by atoms with E-state index in [4.69, 9.17) is 9.97 Å². The second-order valence-corrected chi connectivity index (χ2v) is 19.9. The molecule has 4 N–H and O–H groups in total. The van der Waals surface area contributed by atoms with Gasteiger partial charge in [0.2, 0.25) is 0 Å². The first-order valence-corrected chi connectivity index (χ1v) is 26.8. The lowest BCUT2D eigenvalue weighted by molar-refractivity contribution is 0.281. The van der Waals surface area contributed by atoms with E-state index in [1.54, 1.807) is 0 Å². The van der Waals surface area contributed by atoms with Gasteiger partial charge in [0, 0.05) is 22.2 Å². The number of nitrogens with one attached hydrogen (secondary N) is 2. The van der Waals surface area contributed by atoms with Crippen molar-refractivity contribution in [3.63, 3.8) is 0 Å². The minimum atomic E-state index is 0.00271. The van der Waals surface area contributed by atoms with E-state index in [2.05, 4.69) is 126 Å². The highest BCUT2D eigenvalue weighted by molar-refractivity contribution is 6.03. The van der Waals surface area contributed by atoms with E-state index in [-0.39, 0.29) is 13.2 Å². The molecule has 362 valence electrons. The fraction of sp³-hybridized carbons (Fsp3) is 0.484. The summed E-state index contributed by atoms with van der Waals surface area (Å²) in [5.74, 6) is 0. The third-order valence-electron chi connectivity index (χ3n) is 15.0. The number of aromatic nitrogens is 4. The number of nitrogens with zero attached hydrogens (tertiary/aromatic N) is 2. The van der Waals surface area contributed by atoms with E-state index in [0.29, 0.717) is 0 Å². The molecular formula is C62H82N4O2. The SMILES string of the molecule is CCCCCCC1=C(C)c2nc1cc1[nH]c(c(C)c1CCCCCC)c(-c1ccc(CO)cc1)c1[nH]c(cc3nc(c2-c2ccc(CO)cc2)C(C)=C3CCCCCC)c(CCCCCC)c1C. The lowest BCUT2D eigenvalue weighted by Gasteiger charge is -2.11. The van der Waals surface area contributed by atoms with E-state index in [0.717, 1.165) is 124 Å². The Morgan fingerprint density at radius 1 is 0.426 bits per heavy atom. The number of aliphatic hydroxyl groups is 2. The zero-order valence-electron chi connectivity index (χ0n) is 43.1. The third kappa shape index (κ3) is 11.3. The molecule has 0 atom stereocenters. The molecule has 68 heavy (non-hydrogen) atoms. The van der Waals surface area contributed by atoms with Gasteiger partial charge in [-0.1, -0.05) is 153 Å². The zero-order valence-corrected chi connectivity index (χ0v) is 43.1. The highest BCUT2D eigenvalue weighted by atomic mass is 16.3. The zero-order chi connectivity index (χ0) is 48.2. The summed E-state index contributed by atoms with van der Waals surface area (Å²) in [5, 5.41) is 20.3. The Labute approximate surface area is 408 Å². The fourth-order valence-corrected chi connectivity index (χ4v) is 10.8. The first kappa shape index (κ1) is 50.8. The summed E-state index contributed by atoms with van der Waals surface area (Å²) in [6.07, 6.45) is 22.9. The Bertz CT molecular complexity index is 2590. The van der Waals surface area contributed by atoms with Gasteiger partial charge in [-0.05, 0) is 158 Å². The van der Waals surface area contributed by atoms with Crippen molar-refractivity contribution in [2.75, 3.05) is 0 Å². The van der Waals surface area contributed by atoms with Gasteiger partial charge in [-0.3, -0.25) is 0 Å². The van der Waals surface area contributed by atoms with Crippen LogP contribution in [0.2, 0.25) is 0 Å². The van der Waals surface area contributed by atoms with Crippen LogP contribution in [0.1, 0.15) is 213 Å². The Morgan fingerprint density at radius 3 is 1.13 bits per heavy atom. The van der Waals surface area contributed by atoms with Gasteiger partial charge in [-0.2, -0.15) is 0 Å². The van der Waals surface area contributed by atoms with Crippen molar-refractivity contribution < 1.29 is 10.2 Å². The van der Waals surface area contributed by atoms with Crippen molar-refractivity contribution in [1.29, 1.82) is 0 Å². The van der Waals surface area contributed by atoms with Gasteiger partial charge in [-0.15, -0.1) is 0 Å². The molecule has 0 saturated heterocycles. The number of H-pyrrole nitrogens is 2. The maximum atomic E-state index is 10.2. The minimum absolute atomic E-state index is 0.00271. The molecule has 0 radical (unpaired) electrons. The summed E-state index contributed by atoms with van der Waals surface area (Å²) < 4.78 is 0. The van der Waals surface area contributed by atoms with Crippen LogP contribution in [0.15, 0.2) is 60.7 Å². The van der Waals surface area contributed by atoms with Crippen LogP contribution < -0.4 is 0 Å². The fourth-order valence-electron chi connectivity index (χ4n) is 10.8. The lowest BCUT2D eigenvalue weighted by Crippen LogP contribution is -1.94. The van der Waals surface area contributed by atoms with E-state index >= 15 is 0 Å². The number of hydrogen-bond acceptors (Lipinski definition) is 4. The second-order valence-electron chi connectivity index (χ2n) is 19.9. The van der Waals surface area contributed by atoms with Crippen LogP contribution in [-0.2, 0) is 26.1 Å². The Hall–Kier alpha value is -5.04. The number of rotatable bonds is 24. The van der Waals surface area contributed by atoms with E-state index in [9.17, 15) is 10.2 Å². The Kier molecular flexibility index (Phi) is 18.3. The summed E-state index contributed by atoms with van der Waals surface area (Å²) in [5.41, 5.74) is 25.4. The molecule has 6 heteroatoms. The summed E-state index contributed by atoms with van der Waals surface area (Å²) in [7, 11) is 0. The molecule has 0 aliphatic carbocycles. The summed E-state index contributed by atoms with van der Waals surface area (Å²) in [4.78, 5) is 19.8. The number of aryl methyl sites for hydroxylation is 4. The van der Waals surface area contributed by atoms with Crippen LogP contribution in [0, 0.1) is 13.8 Å². The van der Waals surface area contributed by atoms with Crippen molar-refractivity contribution in [3.05, 3.63) is 117 Å². The van der Waals surface area contributed by atoms with E-state index in [1.807, 2.05) is 0 Å². The van der Waals surface area contributed by atoms with E-state index < -0.39 is 0 Å². The molecule has 8 bridgehead atoms. The molecule has 0 fully saturated rings. The molecule has 6 nitrogen and oxygen atoms in total. The predicted octanol–water partition coefficient (Wildman–Crippen LogP) is 17.3. The number of aliphatic hydroxyl groups excluding tert-OH is 2. The van der Waals surface area contributed by atoms with Gasteiger partial charge >= 0.3 is 0 Å². The molecule has 0 amide bonds. The van der Waals surface area contributed by atoms with Crippen LogP contribution in [0.25, 0.3) is 66.6 Å². The topological polar surface area (TPSA) is 97.8 Å². The maximum Gasteiger partial charge on any atom is 0.0769 e. The van der Waals surface area contributed by atoms with Gasteiger partial charge in [-0.25, -0.2) is 9.97 Å². The number of unbranched alkanes of at least 4 members (excludes halogenated alkanes) is 12. The molecule has 3 aromatic heterocycles. The highest BCUT2D eigenvalue weighted by Gasteiger charge is 2.28. The number of fused-ring (bicyclic) bond motifs is 8.